The Morgan fingerprint density at radius 1 is 1.43 bits per heavy atom. The molecule has 0 radical (unpaired) electrons. The van der Waals surface area contributed by atoms with Gasteiger partial charge in [-0.3, -0.25) is 4.79 Å². The van der Waals surface area contributed by atoms with Crippen molar-refractivity contribution >= 4 is 5.97 Å². The minimum Gasteiger partial charge on any atom is -0.508 e. The topological polar surface area (TPSA) is 81.3 Å². The van der Waals surface area contributed by atoms with E-state index in [1.165, 1.54) is 12.1 Å². The van der Waals surface area contributed by atoms with Gasteiger partial charge in [-0.15, -0.1) is 0 Å². The van der Waals surface area contributed by atoms with Crippen LogP contribution in [-0.2, 0) is 11.2 Å². The first-order valence-corrected chi connectivity index (χ1v) is 4.04. The molecule has 1 atom stereocenters. The molecule has 0 heterocycles. The first-order chi connectivity index (χ1) is 6.63. The quantitative estimate of drug-likeness (QED) is 0.751. The van der Waals surface area contributed by atoms with E-state index < -0.39 is 11.9 Å². The molecule has 72 valence electrons. The summed E-state index contributed by atoms with van der Waals surface area (Å²) in [6.45, 7) is 0. The lowest BCUT2D eigenvalue weighted by molar-refractivity contribution is -0.139. The highest BCUT2D eigenvalue weighted by Crippen LogP contribution is 2.13. The minimum atomic E-state index is -1.12. The summed E-state index contributed by atoms with van der Waals surface area (Å²) >= 11 is 0. The molecule has 0 saturated heterocycles. The number of phenols is 1. The highest BCUT2D eigenvalue weighted by atomic mass is 16.4. The molecule has 1 aromatic rings. The van der Waals surface area contributed by atoms with Crippen LogP contribution in [0.25, 0.3) is 0 Å². The van der Waals surface area contributed by atoms with E-state index in [4.69, 9.17) is 15.5 Å². The van der Waals surface area contributed by atoms with E-state index in [9.17, 15) is 4.79 Å². The molecule has 0 saturated carbocycles. The third-order valence-electron chi connectivity index (χ3n) is 1.83. The zero-order chi connectivity index (χ0) is 10.6. The molecule has 0 aliphatic heterocycles. The van der Waals surface area contributed by atoms with Gasteiger partial charge < -0.3 is 10.2 Å². The van der Waals surface area contributed by atoms with Crippen molar-refractivity contribution < 1.29 is 15.0 Å². The van der Waals surface area contributed by atoms with E-state index >= 15 is 0 Å². The van der Waals surface area contributed by atoms with Gasteiger partial charge in [0.15, 0.2) is 0 Å². The predicted molar refractivity (Wildman–Crippen MR) is 48.5 cm³/mol. The van der Waals surface area contributed by atoms with Gasteiger partial charge in [0, 0.05) is 0 Å². The Labute approximate surface area is 81.0 Å². The molecular weight excluding hydrogens is 182 g/mol. The smallest absolute Gasteiger partial charge is 0.321 e. The Morgan fingerprint density at radius 3 is 2.43 bits per heavy atom. The van der Waals surface area contributed by atoms with Crippen LogP contribution in [0.3, 0.4) is 0 Å². The maximum Gasteiger partial charge on any atom is 0.321 e. The number of carbonyl (C=O) groups is 1. The van der Waals surface area contributed by atoms with E-state index in [-0.39, 0.29) is 12.2 Å². The third-order valence-corrected chi connectivity index (χ3v) is 1.83. The Morgan fingerprint density at radius 2 is 2.00 bits per heavy atom. The number of hydrogen-bond acceptors (Lipinski definition) is 3. The maximum atomic E-state index is 10.5. The molecule has 0 spiro atoms. The van der Waals surface area contributed by atoms with Gasteiger partial charge in [0.05, 0.1) is 6.07 Å². The van der Waals surface area contributed by atoms with Crippen LogP contribution < -0.4 is 0 Å². The van der Waals surface area contributed by atoms with Crippen molar-refractivity contribution in [3.63, 3.8) is 0 Å². The van der Waals surface area contributed by atoms with Gasteiger partial charge in [-0.1, -0.05) is 12.1 Å². The summed E-state index contributed by atoms with van der Waals surface area (Å²) in [5, 5.41) is 26.1. The molecular formula is C10H9NO3. The number of carboxylic acids is 1. The van der Waals surface area contributed by atoms with Gasteiger partial charge in [-0.05, 0) is 24.1 Å². The van der Waals surface area contributed by atoms with E-state index in [2.05, 4.69) is 0 Å². The number of nitrogens with zero attached hydrogens (tertiary/aromatic N) is 1. The number of hydrogen-bond donors (Lipinski definition) is 2. The zero-order valence-electron chi connectivity index (χ0n) is 7.34. The van der Waals surface area contributed by atoms with Gasteiger partial charge >= 0.3 is 5.97 Å². The van der Waals surface area contributed by atoms with Crippen LogP contribution in [0, 0.1) is 17.2 Å². The van der Waals surface area contributed by atoms with Crippen LogP contribution >= 0.6 is 0 Å². The summed E-state index contributed by atoms with van der Waals surface area (Å²) in [6, 6.07) is 7.83. The zero-order valence-corrected chi connectivity index (χ0v) is 7.34. The predicted octanol–water partition coefficient (Wildman–Crippen LogP) is 1.16. The summed E-state index contributed by atoms with van der Waals surface area (Å²) in [6.07, 6.45) is 0.159. The fourth-order valence-corrected chi connectivity index (χ4v) is 1.06. The summed E-state index contributed by atoms with van der Waals surface area (Å²) in [4.78, 5) is 10.5. The second kappa shape index (κ2) is 4.28. The second-order valence-electron chi connectivity index (χ2n) is 2.89. The first kappa shape index (κ1) is 10.1. The number of benzene rings is 1. The van der Waals surface area contributed by atoms with Crippen LogP contribution in [0.15, 0.2) is 24.3 Å². The van der Waals surface area contributed by atoms with Gasteiger partial charge in [0.1, 0.15) is 11.7 Å². The average molecular weight is 191 g/mol. The molecule has 4 heteroatoms. The van der Waals surface area contributed by atoms with Crippen LogP contribution in [-0.4, -0.2) is 16.2 Å². The molecule has 0 fully saturated rings. The normalized spacial score (nSPS) is 11.6. The molecule has 0 unspecified atom stereocenters. The molecule has 2 N–H and O–H groups in total. The van der Waals surface area contributed by atoms with Crippen LogP contribution in [0.4, 0.5) is 0 Å². The first-order valence-electron chi connectivity index (χ1n) is 4.04. The summed E-state index contributed by atoms with van der Waals surface area (Å²) in [5.74, 6) is -2.03. The van der Waals surface area contributed by atoms with Gasteiger partial charge in [0.2, 0.25) is 0 Å². The second-order valence-corrected chi connectivity index (χ2v) is 2.89. The largest absolute Gasteiger partial charge is 0.508 e. The lowest BCUT2D eigenvalue weighted by Crippen LogP contribution is -2.13. The van der Waals surface area contributed by atoms with Crippen molar-refractivity contribution in [2.75, 3.05) is 0 Å². The maximum absolute atomic E-state index is 10.5. The number of nitriles is 1. The van der Waals surface area contributed by atoms with E-state index in [0.717, 1.165) is 5.56 Å². The molecule has 0 aromatic heterocycles. The molecule has 0 aliphatic carbocycles. The van der Waals surface area contributed by atoms with Crippen LogP contribution in [0.1, 0.15) is 5.56 Å². The molecule has 0 aliphatic rings. The Bertz CT molecular complexity index is 364. The van der Waals surface area contributed by atoms with Gasteiger partial charge in [-0.2, -0.15) is 5.26 Å². The van der Waals surface area contributed by atoms with E-state index in [1.54, 1.807) is 18.2 Å². The standard InChI is InChI=1S/C10H9NO3/c11-6-8(10(13)14)5-7-1-3-9(12)4-2-7/h1-4,8,12H,5H2,(H,13,14)/t8-/m0/s1. The van der Waals surface area contributed by atoms with Gasteiger partial charge in [0.25, 0.3) is 0 Å². The summed E-state index contributed by atoms with van der Waals surface area (Å²) in [5.41, 5.74) is 0.719. The lowest BCUT2D eigenvalue weighted by Gasteiger charge is -2.03. The molecule has 0 amide bonds. The molecule has 0 bridgehead atoms. The average Bonchev–Trinajstić information content (AvgIpc) is 2.16. The molecule has 1 aromatic carbocycles. The van der Waals surface area contributed by atoms with Crippen molar-refractivity contribution in [1.29, 1.82) is 5.26 Å². The summed E-state index contributed by atoms with van der Waals surface area (Å²) in [7, 11) is 0. The molecule has 1 rings (SSSR count). The number of rotatable bonds is 3. The lowest BCUT2D eigenvalue weighted by atomic mass is 10.0. The monoisotopic (exact) mass is 191 g/mol. The molecule has 4 nitrogen and oxygen atoms in total. The number of phenolic OH excluding ortho intramolecular Hbond substituents is 1. The van der Waals surface area contributed by atoms with Crippen molar-refractivity contribution in [2.45, 2.75) is 6.42 Å². The number of carboxylic acid groups (broad SMARTS) is 1. The van der Waals surface area contributed by atoms with Gasteiger partial charge in [-0.25, -0.2) is 0 Å². The fraction of sp³-hybridized carbons (Fsp3) is 0.200. The Balaban J connectivity index is 2.74. The number of aliphatic carboxylic acids is 1. The number of aromatic hydroxyl groups is 1. The Hall–Kier alpha value is -2.02. The Kier molecular flexibility index (Phi) is 3.08. The minimum absolute atomic E-state index is 0.123. The van der Waals surface area contributed by atoms with Crippen LogP contribution in [0.2, 0.25) is 0 Å². The van der Waals surface area contributed by atoms with E-state index in [1.807, 2.05) is 0 Å². The van der Waals surface area contributed by atoms with Crippen molar-refractivity contribution in [2.24, 2.45) is 5.92 Å². The SMILES string of the molecule is N#C[C@H](Cc1ccc(O)cc1)C(=O)O. The van der Waals surface area contributed by atoms with Crippen molar-refractivity contribution in [1.82, 2.24) is 0 Å². The third kappa shape index (κ3) is 2.49. The van der Waals surface area contributed by atoms with Crippen molar-refractivity contribution in [3.8, 4) is 11.8 Å². The highest BCUT2D eigenvalue weighted by Gasteiger charge is 2.16. The highest BCUT2D eigenvalue weighted by molar-refractivity contribution is 5.73. The van der Waals surface area contributed by atoms with E-state index in [0.29, 0.717) is 0 Å². The summed E-state index contributed by atoms with van der Waals surface area (Å²) < 4.78 is 0. The van der Waals surface area contributed by atoms with Crippen molar-refractivity contribution in [3.05, 3.63) is 29.8 Å². The van der Waals surface area contributed by atoms with Crippen LogP contribution in [0.5, 0.6) is 5.75 Å². The fourth-order valence-electron chi connectivity index (χ4n) is 1.06. The molecule has 14 heavy (non-hydrogen) atoms.